The fourth-order valence-electron chi connectivity index (χ4n) is 4.15. The third-order valence-electron chi connectivity index (χ3n) is 6.20. The molecule has 3 saturated heterocycles. The minimum absolute atomic E-state index is 0.0758. The molecule has 3 aliphatic rings. The third kappa shape index (κ3) is 3.28. The number of ether oxygens (including phenoxy) is 1. The van der Waals surface area contributed by atoms with Gasteiger partial charge in [0.2, 0.25) is 10.0 Å². The summed E-state index contributed by atoms with van der Waals surface area (Å²) in [6.45, 7) is 4.18. The molecule has 1 spiro atoms. The normalized spacial score (nSPS) is 23.6. The second kappa shape index (κ2) is 6.94. The Morgan fingerprint density at radius 3 is 2.31 bits per heavy atom. The summed E-state index contributed by atoms with van der Waals surface area (Å²) in [4.78, 5) is 14.4. The van der Waals surface area contributed by atoms with E-state index >= 15 is 0 Å². The summed E-state index contributed by atoms with van der Waals surface area (Å²) in [5, 5.41) is 0. The Morgan fingerprint density at radius 1 is 1.00 bits per heavy atom. The van der Waals surface area contributed by atoms with Crippen molar-refractivity contribution < 1.29 is 17.9 Å². The number of likely N-dealkylation sites (tertiary alicyclic amines) is 1. The van der Waals surface area contributed by atoms with Gasteiger partial charge in [-0.3, -0.25) is 4.79 Å². The van der Waals surface area contributed by atoms with Gasteiger partial charge in [0, 0.05) is 45.0 Å². The number of benzene rings is 1. The van der Waals surface area contributed by atoms with Crippen LogP contribution in [0.15, 0.2) is 29.2 Å². The van der Waals surface area contributed by atoms with E-state index in [2.05, 4.69) is 0 Å². The van der Waals surface area contributed by atoms with Crippen LogP contribution >= 0.6 is 0 Å². The fourth-order valence-corrected chi connectivity index (χ4v) is 5.63. The summed E-state index contributed by atoms with van der Waals surface area (Å²) in [5.74, 6) is -0.0758. The van der Waals surface area contributed by atoms with Gasteiger partial charge in [0.15, 0.2) is 0 Å². The van der Waals surface area contributed by atoms with E-state index in [0.717, 1.165) is 58.4 Å². The highest BCUT2D eigenvalue weighted by atomic mass is 32.2. The van der Waals surface area contributed by atoms with E-state index in [1.165, 1.54) is 6.07 Å². The van der Waals surface area contributed by atoms with E-state index in [1.54, 1.807) is 27.4 Å². The summed E-state index contributed by atoms with van der Waals surface area (Å²) in [5.41, 5.74) is 0.711. The molecule has 0 saturated carbocycles. The van der Waals surface area contributed by atoms with Crippen molar-refractivity contribution in [2.75, 3.05) is 39.4 Å². The van der Waals surface area contributed by atoms with Crippen molar-refractivity contribution in [1.82, 2.24) is 9.21 Å². The van der Waals surface area contributed by atoms with Crippen LogP contribution in [-0.2, 0) is 14.8 Å². The van der Waals surface area contributed by atoms with Crippen molar-refractivity contribution in [2.24, 2.45) is 5.41 Å². The quantitative estimate of drug-likeness (QED) is 0.808. The minimum Gasteiger partial charge on any atom is -0.381 e. The summed E-state index contributed by atoms with van der Waals surface area (Å²) in [6.07, 6.45) is 4.86. The van der Waals surface area contributed by atoms with E-state index in [0.29, 0.717) is 18.7 Å². The Morgan fingerprint density at radius 2 is 1.69 bits per heavy atom. The predicted molar refractivity (Wildman–Crippen MR) is 97.4 cm³/mol. The number of rotatable bonds is 3. The van der Waals surface area contributed by atoms with E-state index in [9.17, 15) is 13.2 Å². The average molecular weight is 378 g/mol. The van der Waals surface area contributed by atoms with Gasteiger partial charge in [-0.05, 0) is 55.7 Å². The number of sulfonamides is 1. The molecule has 142 valence electrons. The van der Waals surface area contributed by atoms with Crippen LogP contribution in [0.25, 0.3) is 0 Å². The zero-order chi connectivity index (χ0) is 18.2. The third-order valence-corrected chi connectivity index (χ3v) is 8.09. The first-order valence-electron chi connectivity index (χ1n) is 9.48. The van der Waals surface area contributed by atoms with Gasteiger partial charge in [0.1, 0.15) is 0 Å². The molecule has 0 aliphatic carbocycles. The summed E-state index contributed by atoms with van der Waals surface area (Å²) in [7, 11) is -3.56. The Bertz CT molecular complexity index is 772. The number of amides is 1. The Kier molecular flexibility index (Phi) is 4.79. The van der Waals surface area contributed by atoms with Crippen LogP contribution in [-0.4, -0.2) is 62.9 Å². The van der Waals surface area contributed by atoms with Crippen LogP contribution in [0.4, 0.5) is 0 Å². The molecule has 6 nitrogen and oxygen atoms in total. The molecule has 0 unspecified atom stereocenters. The zero-order valence-electron chi connectivity index (χ0n) is 15.0. The van der Waals surface area contributed by atoms with Gasteiger partial charge < -0.3 is 9.64 Å². The lowest BCUT2D eigenvalue weighted by Gasteiger charge is -2.43. The highest BCUT2D eigenvalue weighted by Gasteiger charge is 2.39. The Balaban J connectivity index is 1.49. The maximum absolute atomic E-state index is 13.1. The van der Waals surface area contributed by atoms with Crippen molar-refractivity contribution >= 4 is 15.9 Å². The van der Waals surface area contributed by atoms with Crippen molar-refractivity contribution in [1.29, 1.82) is 0 Å². The molecule has 4 rings (SSSR count). The lowest BCUT2D eigenvalue weighted by atomic mass is 9.73. The highest BCUT2D eigenvalue weighted by molar-refractivity contribution is 7.89. The molecular weight excluding hydrogens is 352 g/mol. The van der Waals surface area contributed by atoms with Gasteiger partial charge in [-0.25, -0.2) is 8.42 Å². The highest BCUT2D eigenvalue weighted by Crippen LogP contribution is 2.41. The Hall–Kier alpha value is -1.44. The molecule has 0 atom stereocenters. The number of piperidine rings is 1. The predicted octanol–water partition coefficient (Wildman–Crippen LogP) is 2.11. The molecule has 26 heavy (non-hydrogen) atoms. The monoisotopic (exact) mass is 378 g/mol. The topological polar surface area (TPSA) is 66.9 Å². The second-order valence-electron chi connectivity index (χ2n) is 7.69. The number of hydrogen-bond donors (Lipinski definition) is 0. The van der Waals surface area contributed by atoms with Gasteiger partial charge in [0.25, 0.3) is 5.91 Å². The minimum atomic E-state index is -3.56. The molecule has 0 aromatic heterocycles. The summed E-state index contributed by atoms with van der Waals surface area (Å²) >= 11 is 0. The molecule has 1 aromatic carbocycles. The molecule has 1 aromatic rings. The van der Waals surface area contributed by atoms with Crippen molar-refractivity contribution in [3.63, 3.8) is 0 Å². The number of carbonyl (C=O) groups excluding carboxylic acids is 1. The molecule has 1 amide bonds. The summed E-state index contributed by atoms with van der Waals surface area (Å²) < 4.78 is 33.2. The largest absolute Gasteiger partial charge is 0.381 e. The molecule has 0 radical (unpaired) electrons. The van der Waals surface area contributed by atoms with Crippen LogP contribution in [0, 0.1) is 5.41 Å². The maximum Gasteiger partial charge on any atom is 0.253 e. The van der Waals surface area contributed by atoms with Crippen molar-refractivity contribution in [3.05, 3.63) is 29.8 Å². The zero-order valence-corrected chi connectivity index (χ0v) is 15.8. The summed E-state index contributed by atoms with van der Waals surface area (Å²) in [6, 6.07) is 6.51. The van der Waals surface area contributed by atoms with Crippen molar-refractivity contribution in [3.8, 4) is 0 Å². The van der Waals surface area contributed by atoms with Crippen LogP contribution in [0.3, 0.4) is 0 Å². The van der Waals surface area contributed by atoms with E-state index in [1.807, 2.05) is 0 Å². The first-order valence-corrected chi connectivity index (χ1v) is 10.9. The van der Waals surface area contributed by atoms with Gasteiger partial charge in [0.05, 0.1) is 4.90 Å². The second-order valence-corrected chi connectivity index (χ2v) is 9.63. The molecule has 0 bridgehead atoms. The standard InChI is InChI=1S/C19H26N2O4S/c22-18(20-9-2-10-20)16-3-1-4-17(15-16)26(23,24)21-11-5-19(6-12-21)7-13-25-14-8-19/h1,3-4,15H,2,5-14H2. The molecule has 3 fully saturated rings. The van der Waals surface area contributed by atoms with Gasteiger partial charge in [-0.1, -0.05) is 6.07 Å². The molecule has 3 heterocycles. The lowest BCUT2D eigenvalue weighted by Crippen LogP contribution is -2.45. The SMILES string of the molecule is O=C(c1cccc(S(=O)(=O)N2CCC3(CCOCC3)CC2)c1)N1CCC1. The molecular formula is C19H26N2O4S. The Labute approximate surface area is 155 Å². The maximum atomic E-state index is 13.1. The smallest absolute Gasteiger partial charge is 0.253 e. The van der Waals surface area contributed by atoms with Crippen LogP contribution in [0.2, 0.25) is 0 Å². The van der Waals surface area contributed by atoms with Gasteiger partial charge in [-0.15, -0.1) is 0 Å². The van der Waals surface area contributed by atoms with Crippen LogP contribution in [0.1, 0.15) is 42.5 Å². The number of nitrogens with zero attached hydrogens (tertiary/aromatic N) is 2. The molecule has 3 aliphatic heterocycles. The number of carbonyl (C=O) groups is 1. The fraction of sp³-hybridized carbons (Fsp3) is 0.632. The van der Waals surface area contributed by atoms with Gasteiger partial charge in [-0.2, -0.15) is 4.31 Å². The van der Waals surface area contributed by atoms with Crippen molar-refractivity contribution in [2.45, 2.75) is 37.0 Å². The van der Waals surface area contributed by atoms with Crippen LogP contribution < -0.4 is 0 Å². The first kappa shape index (κ1) is 17.9. The lowest BCUT2D eigenvalue weighted by molar-refractivity contribution is -0.00999. The first-order chi connectivity index (χ1) is 12.5. The number of hydrogen-bond acceptors (Lipinski definition) is 4. The molecule has 0 N–H and O–H groups in total. The van der Waals surface area contributed by atoms with E-state index in [4.69, 9.17) is 4.74 Å². The van der Waals surface area contributed by atoms with E-state index < -0.39 is 10.0 Å². The van der Waals surface area contributed by atoms with Gasteiger partial charge >= 0.3 is 0 Å². The molecule has 7 heteroatoms. The average Bonchev–Trinajstić information content (AvgIpc) is 2.61. The van der Waals surface area contributed by atoms with E-state index in [-0.39, 0.29) is 16.2 Å². The van der Waals surface area contributed by atoms with Crippen LogP contribution in [0.5, 0.6) is 0 Å².